The number of likely N-dealkylation sites (N-methyl/N-ethyl adjacent to an activating group) is 1. The zero-order valence-corrected chi connectivity index (χ0v) is 15.4. The van der Waals surface area contributed by atoms with Gasteiger partial charge < -0.3 is 15.1 Å². The summed E-state index contributed by atoms with van der Waals surface area (Å²) >= 11 is 3.43. The number of aromatic nitrogens is 2. The van der Waals surface area contributed by atoms with Gasteiger partial charge in [0, 0.05) is 30.7 Å². The normalized spacial score (nSPS) is 15.2. The first kappa shape index (κ1) is 17.6. The van der Waals surface area contributed by atoms with E-state index in [-0.39, 0.29) is 11.5 Å². The molecule has 1 aliphatic heterocycles. The van der Waals surface area contributed by atoms with E-state index in [0.29, 0.717) is 24.6 Å². The summed E-state index contributed by atoms with van der Waals surface area (Å²) in [5.74, 6) is 0.560. The Kier molecular flexibility index (Phi) is 5.44. The van der Waals surface area contributed by atoms with Crippen molar-refractivity contribution in [1.29, 1.82) is 0 Å². The summed E-state index contributed by atoms with van der Waals surface area (Å²) in [4.78, 5) is 23.9. The Bertz CT molecular complexity index is 764. The van der Waals surface area contributed by atoms with Crippen LogP contribution in [0.1, 0.15) is 6.92 Å². The summed E-state index contributed by atoms with van der Waals surface area (Å²) in [5.41, 5.74) is 0.620. The number of piperazine rings is 1. The van der Waals surface area contributed by atoms with Gasteiger partial charge in [-0.15, -0.1) is 0 Å². The van der Waals surface area contributed by atoms with Crippen LogP contribution in [0.2, 0.25) is 0 Å². The van der Waals surface area contributed by atoms with Crippen molar-refractivity contribution in [2.45, 2.75) is 6.92 Å². The van der Waals surface area contributed by atoms with Gasteiger partial charge in [0.1, 0.15) is 6.33 Å². The largest absolute Gasteiger partial charge is 0.353 e. The second-order valence-corrected chi connectivity index (χ2v) is 6.53. The Morgan fingerprint density at radius 1 is 1.24 bits per heavy atom. The molecule has 1 saturated heterocycles. The Labute approximate surface area is 154 Å². The Morgan fingerprint density at radius 2 is 1.96 bits per heavy atom. The van der Waals surface area contributed by atoms with Gasteiger partial charge in [-0.3, -0.25) is 10.1 Å². The number of para-hydroxylation sites is 1. The van der Waals surface area contributed by atoms with Crippen LogP contribution in [0.25, 0.3) is 0 Å². The number of halogens is 1. The van der Waals surface area contributed by atoms with E-state index in [1.807, 2.05) is 29.2 Å². The summed E-state index contributed by atoms with van der Waals surface area (Å²) in [5, 5.41) is 14.8. The molecule has 1 aromatic heterocycles. The minimum absolute atomic E-state index is 0.0943. The third-order valence-corrected chi connectivity index (χ3v) is 4.92. The zero-order chi connectivity index (χ0) is 17.8. The number of hydrogen-bond acceptors (Lipinski definition) is 7. The highest BCUT2D eigenvalue weighted by Crippen LogP contribution is 2.35. The molecule has 2 heterocycles. The number of nitrogens with one attached hydrogen (secondary N) is 1. The average Bonchev–Trinajstić information content (AvgIpc) is 2.63. The topological polar surface area (TPSA) is 87.4 Å². The molecule has 9 heteroatoms. The molecule has 132 valence electrons. The van der Waals surface area contributed by atoms with Crippen LogP contribution in [0.3, 0.4) is 0 Å². The van der Waals surface area contributed by atoms with Crippen molar-refractivity contribution in [2.24, 2.45) is 0 Å². The van der Waals surface area contributed by atoms with Crippen molar-refractivity contribution in [2.75, 3.05) is 42.9 Å². The summed E-state index contributed by atoms with van der Waals surface area (Å²) < 4.78 is 0.807. The molecule has 0 bridgehead atoms. The first-order valence-corrected chi connectivity index (χ1v) is 8.87. The second kappa shape index (κ2) is 7.75. The third-order valence-electron chi connectivity index (χ3n) is 4.23. The van der Waals surface area contributed by atoms with E-state index in [4.69, 9.17) is 0 Å². The lowest BCUT2D eigenvalue weighted by Crippen LogP contribution is -2.46. The van der Waals surface area contributed by atoms with Gasteiger partial charge in [0.15, 0.2) is 0 Å². The Hall–Kier alpha value is -2.26. The molecule has 0 aliphatic carbocycles. The summed E-state index contributed by atoms with van der Waals surface area (Å²) in [6.45, 7) is 6.24. The number of benzene rings is 1. The van der Waals surface area contributed by atoms with Crippen LogP contribution in [-0.2, 0) is 0 Å². The molecule has 1 N–H and O–H groups in total. The molecule has 3 rings (SSSR count). The quantitative estimate of drug-likeness (QED) is 0.602. The Balaban J connectivity index is 1.92. The number of nitrogens with zero attached hydrogens (tertiary/aromatic N) is 5. The number of rotatable bonds is 5. The van der Waals surface area contributed by atoms with E-state index < -0.39 is 4.92 Å². The SMILES string of the molecule is CCN1CCN(c2ncnc(Nc3ccccc3Br)c2[N+](=O)[O-])CC1. The average molecular weight is 407 g/mol. The lowest BCUT2D eigenvalue weighted by atomic mass is 10.2. The minimum atomic E-state index is -0.416. The molecular formula is C16H19BrN6O2. The van der Waals surface area contributed by atoms with E-state index in [2.05, 4.69) is 43.0 Å². The fraction of sp³-hybridized carbons (Fsp3) is 0.375. The van der Waals surface area contributed by atoms with Crippen molar-refractivity contribution < 1.29 is 4.92 Å². The smallest absolute Gasteiger partial charge is 0.348 e. The highest BCUT2D eigenvalue weighted by Gasteiger charge is 2.29. The van der Waals surface area contributed by atoms with Crippen molar-refractivity contribution >= 4 is 38.9 Å². The van der Waals surface area contributed by atoms with Gasteiger partial charge >= 0.3 is 5.69 Å². The lowest BCUT2D eigenvalue weighted by Gasteiger charge is -2.34. The van der Waals surface area contributed by atoms with Crippen molar-refractivity contribution in [3.8, 4) is 0 Å². The van der Waals surface area contributed by atoms with Crippen molar-refractivity contribution in [3.63, 3.8) is 0 Å². The van der Waals surface area contributed by atoms with Gasteiger partial charge in [-0.05, 0) is 34.6 Å². The molecule has 1 aromatic carbocycles. The van der Waals surface area contributed by atoms with Gasteiger partial charge in [0.05, 0.1) is 10.6 Å². The van der Waals surface area contributed by atoms with E-state index in [1.165, 1.54) is 6.33 Å². The monoisotopic (exact) mass is 406 g/mol. The molecular weight excluding hydrogens is 388 g/mol. The lowest BCUT2D eigenvalue weighted by molar-refractivity contribution is -0.383. The third kappa shape index (κ3) is 3.88. The molecule has 1 fully saturated rings. The molecule has 0 amide bonds. The molecule has 25 heavy (non-hydrogen) atoms. The van der Waals surface area contributed by atoms with Crippen LogP contribution in [0.4, 0.5) is 23.0 Å². The van der Waals surface area contributed by atoms with Gasteiger partial charge in [-0.1, -0.05) is 19.1 Å². The van der Waals surface area contributed by atoms with Crippen LogP contribution < -0.4 is 10.2 Å². The first-order valence-electron chi connectivity index (χ1n) is 8.08. The summed E-state index contributed by atoms with van der Waals surface area (Å²) in [7, 11) is 0. The zero-order valence-electron chi connectivity index (χ0n) is 13.9. The molecule has 0 saturated carbocycles. The van der Waals surface area contributed by atoms with Crippen LogP contribution in [0, 0.1) is 10.1 Å². The molecule has 0 atom stereocenters. The van der Waals surface area contributed by atoms with Crippen LogP contribution in [-0.4, -0.2) is 52.5 Å². The van der Waals surface area contributed by atoms with E-state index in [1.54, 1.807) is 0 Å². The van der Waals surface area contributed by atoms with E-state index in [0.717, 1.165) is 24.1 Å². The molecule has 0 unspecified atom stereocenters. The standard InChI is InChI=1S/C16H19BrN6O2/c1-2-21-7-9-22(10-8-21)16-14(23(24)25)15(18-11-19-16)20-13-6-4-3-5-12(13)17/h3-6,11H,2,7-10H2,1H3,(H,18,19,20). The van der Waals surface area contributed by atoms with Crippen LogP contribution in [0.15, 0.2) is 35.1 Å². The molecule has 0 radical (unpaired) electrons. The maximum atomic E-state index is 11.7. The molecule has 8 nitrogen and oxygen atoms in total. The van der Waals surface area contributed by atoms with Crippen molar-refractivity contribution in [1.82, 2.24) is 14.9 Å². The van der Waals surface area contributed by atoms with Crippen LogP contribution >= 0.6 is 15.9 Å². The van der Waals surface area contributed by atoms with E-state index in [9.17, 15) is 10.1 Å². The van der Waals surface area contributed by atoms with Gasteiger partial charge in [-0.2, -0.15) is 0 Å². The first-order chi connectivity index (χ1) is 12.1. The minimum Gasteiger partial charge on any atom is -0.348 e. The van der Waals surface area contributed by atoms with Gasteiger partial charge in [0.2, 0.25) is 11.6 Å². The predicted octanol–water partition coefficient (Wildman–Crippen LogP) is 3.03. The fourth-order valence-electron chi connectivity index (χ4n) is 2.83. The Morgan fingerprint density at radius 3 is 2.60 bits per heavy atom. The maximum absolute atomic E-state index is 11.7. The highest BCUT2D eigenvalue weighted by molar-refractivity contribution is 9.10. The maximum Gasteiger partial charge on any atom is 0.353 e. The summed E-state index contributed by atoms with van der Waals surface area (Å²) in [6.07, 6.45) is 1.37. The number of hydrogen-bond donors (Lipinski definition) is 1. The van der Waals surface area contributed by atoms with Gasteiger partial charge in [-0.25, -0.2) is 9.97 Å². The highest BCUT2D eigenvalue weighted by atomic mass is 79.9. The fourth-order valence-corrected chi connectivity index (χ4v) is 3.21. The van der Waals surface area contributed by atoms with Gasteiger partial charge in [0.25, 0.3) is 0 Å². The number of anilines is 3. The second-order valence-electron chi connectivity index (χ2n) is 5.68. The number of nitro groups is 1. The van der Waals surface area contributed by atoms with E-state index >= 15 is 0 Å². The van der Waals surface area contributed by atoms with Crippen molar-refractivity contribution in [3.05, 3.63) is 45.2 Å². The summed E-state index contributed by atoms with van der Waals surface area (Å²) in [6, 6.07) is 7.42. The molecule has 2 aromatic rings. The molecule has 0 spiro atoms. The predicted molar refractivity (Wildman–Crippen MR) is 100 cm³/mol. The van der Waals surface area contributed by atoms with Crippen LogP contribution in [0.5, 0.6) is 0 Å². The molecule has 1 aliphatic rings.